The predicted molar refractivity (Wildman–Crippen MR) is 391 cm³/mol. The predicted octanol–water partition coefficient (Wildman–Crippen LogP) is -20.9. The van der Waals surface area contributed by atoms with Crippen molar-refractivity contribution in [2.75, 3.05) is 52.9 Å². The van der Waals surface area contributed by atoms with Crippen molar-refractivity contribution in [1.82, 2.24) is 26.6 Å². The highest BCUT2D eigenvalue weighted by Gasteiger charge is 2.67. The van der Waals surface area contributed by atoms with Gasteiger partial charge in [-0.3, -0.25) is 24.0 Å². The lowest BCUT2D eigenvalue weighted by Gasteiger charge is -2.53. The van der Waals surface area contributed by atoms with Crippen molar-refractivity contribution in [2.24, 2.45) is 0 Å². The maximum Gasteiger partial charge on any atom is 0.364 e. The molecule has 0 aromatic rings. The van der Waals surface area contributed by atoms with E-state index in [1.807, 2.05) is 0 Å². The molecule has 0 saturated carbocycles. The van der Waals surface area contributed by atoms with E-state index in [4.69, 9.17) is 71.1 Å². The van der Waals surface area contributed by atoms with Gasteiger partial charge in [-0.2, -0.15) is 0 Å². The van der Waals surface area contributed by atoms with Crippen molar-refractivity contribution in [3.8, 4) is 0 Å². The molecule has 8 fully saturated rings. The first kappa shape index (κ1) is 107. The van der Waals surface area contributed by atoms with Crippen LogP contribution in [0.15, 0.2) is 0 Å². The zero-order valence-corrected chi connectivity index (χ0v) is 68.3. The van der Waals surface area contributed by atoms with Crippen molar-refractivity contribution in [1.29, 1.82) is 0 Å². The molecule has 736 valence electrons. The van der Waals surface area contributed by atoms with Crippen molar-refractivity contribution < 1.29 is 262 Å². The molecule has 34 N–H and O–H groups in total. The molecule has 0 radical (unpaired) electrons. The largest absolute Gasteiger partial charge is 0.477 e. The second-order valence-corrected chi connectivity index (χ2v) is 31.8. The monoisotopic (exact) mass is 1870 g/mol. The average molecular weight is 1870 g/mol. The minimum absolute atomic E-state index is 0.759. The molecule has 5 amide bonds. The SMILES string of the molecule is CC(=O)NC1C(O)CC(OC(CO)C(O)C2OC(OC3C(O)C(CO)OC(OC4C(O)C(CO)OC(OC5C(CO)OC(OC6C(CO)OC(O)C(O)C6O)C(O)C5OC5(C(=O)O)CC(O)C(NC(C)=O)C(C(O)C(CO)OC6(C(=O)O)CC(O)C(NC(C)=O)C(C(O)C(O)CO)O6)O5)C4NC(C)=O)C3O)(C(=O)O)CC(O)C2NC(C)=O)(C(=O)O)OC1C(O)C(O)CO. The number of carboxylic acids is 4. The van der Waals surface area contributed by atoms with Crippen molar-refractivity contribution in [3.05, 3.63) is 0 Å². The molecule has 8 aliphatic heterocycles. The summed E-state index contributed by atoms with van der Waals surface area (Å²) in [5.41, 5.74) is 0. The van der Waals surface area contributed by atoms with E-state index in [0.717, 1.165) is 34.6 Å². The quantitative estimate of drug-likeness (QED) is 0.0272. The van der Waals surface area contributed by atoms with E-state index in [-0.39, 0.29) is 0 Å². The van der Waals surface area contributed by atoms with Crippen molar-refractivity contribution >= 4 is 53.4 Å². The topological polar surface area (TPSA) is 939 Å². The van der Waals surface area contributed by atoms with Gasteiger partial charge < -0.3 is 246 Å². The fourth-order valence-corrected chi connectivity index (χ4v) is 16.3. The van der Waals surface area contributed by atoms with Crippen LogP contribution in [-0.2, 0) is 114 Å². The van der Waals surface area contributed by atoms with Crippen LogP contribution in [0.4, 0.5) is 0 Å². The normalized spacial score (nSPS) is 42.5. The molecule has 8 saturated heterocycles. The Bertz CT molecular complexity index is 3720. The molecular formula is C70H113N5O53. The van der Waals surface area contributed by atoms with Gasteiger partial charge in [0.2, 0.25) is 29.5 Å². The summed E-state index contributed by atoms with van der Waals surface area (Å²) in [4.78, 5) is 119. The number of amides is 5. The first-order valence-corrected chi connectivity index (χ1v) is 39.6. The van der Waals surface area contributed by atoms with Crippen LogP contribution in [0.2, 0.25) is 0 Å². The third-order valence-corrected chi connectivity index (χ3v) is 22.6. The number of carbonyl (C=O) groups is 9. The standard InChI is InChI=1S/C70H113N5O53/c1-18(84)71-35-23(89)6-67(63(106)107,123-53(35)40(95)27(93)10-76)121-31(14-80)44(99)55-37(73-20(3)86)25(91)8-69(125-55,65(110)111)127-57-43(98)30(13-79)116-61(48(57)103)120-52-39(75-22(5)88)60(115-29(12-78)42(52)97)119-51-34(17-83)117-62(118-50-33(16-82)114-59(105)47(102)46(50)101)49(104)58(51)128-70(66(112)113)9-26(92)38(74-21(4)87)56(126-70)45(100)32(15-81)122-68(64(108)109)7-24(90)36(72-19(2)85)54(124-68)41(96)28(94)11-77/h23-62,76-83,89-105H,6-17H2,1-5H3,(H,71,84)(H,72,85)(H,73,86)(H,74,87)(H,75,88)(H,106,107)(H,108,109)(H,110,111)(H,112,113). The molecule has 44 unspecified atom stereocenters. The Kier molecular flexibility index (Phi) is 37.3. The second-order valence-electron chi connectivity index (χ2n) is 31.8. The number of aliphatic carboxylic acids is 4. The molecule has 0 aliphatic carbocycles. The number of rotatable bonds is 39. The number of carbonyl (C=O) groups excluding carboxylic acids is 5. The average Bonchev–Trinajstić information content (AvgIpc) is 0.743. The minimum atomic E-state index is -3.82. The van der Waals surface area contributed by atoms with Crippen LogP contribution in [0.3, 0.4) is 0 Å². The number of carboxylic acid groups (broad SMARTS) is 4. The minimum Gasteiger partial charge on any atom is -0.477 e. The van der Waals surface area contributed by atoms with Crippen LogP contribution in [0, 0.1) is 0 Å². The fraction of sp³-hybridized carbons (Fsp3) is 0.871. The molecule has 0 aromatic heterocycles. The summed E-state index contributed by atoms with van der Waals surface area (Å²) in [6, 6.07) is -10.4. The lowest BCUT2D eigenvalue weighted by molar-refractivity contribution is -0.405. The van der Waals surface area contributed by atoms with Crippen LogP contribution >= 0.6 is 0 Å². The van der Waals surface area contributed by atoms with Gasteiger partial charge in [0.05, 0.1) is 101 Å². The summed E-state index contributed by atoms with van der Waals surface area (Å²) < 4.78 is 87.6. The summed E-state index contributed by atoms with van der Waals surface area (Å²) in [7, 11) is 0. The Morgan fingerprint density at radius 1 is 0.320 bits per heavy atom. The van der Waals surface area contributed by atoms with Gasteiger partial charge in [0, 0.05) is 60.3 Å². The van der Waals surface area contributed by atoms with E-state index >= 15 is 0 Å². The summed E-state index contributed by atoms with van der Waals surface area (Å²) in [6.07, 6.45) is -92.3. The maximum absolute atomic E-state index is 14.3. The van der Waals surface area contributed by atoms with Gasteiger partial charge in [-0.1, -0.05) is 0 Å². The lowest BCUT2D eigenvalue weighted by atomic mass is 9.87. The van der Waals surface area contributed by atoms with Gasteiger partial charge in [0.15, 0.2) is 25.2 Å². The van der Waals surface area contributed by atoms with Crippen LogP contribution in [0.5, 0.6) is 0 Å². The molecule has 8 aliphatic rings. The molecule has 0 bridgehead atoms. The van der Waals surface area contributed by atoms with Crippen LogP contribution < -0.4 is 26.6 Å². The Labute approximate surface area is 721 Å². The molecule has 44 atom stereocenters. The van der Waals surface area contributed by atoms with E-state index in [1.54, 1.807) is 0 Å². The smallest absolute Gasteiger partial charge is 0.364 e. The number of aliphatic hydroxyl groups is 25. The van der Waals surface area contributed by atoms with E-state index < -0.39 is 400 Å². The zero-order valence-electron chi connectivity index (χ0n) is 68.3. The van der Waals surface area contributed by atoms with Gasteiger partial charge >= 0.3 is 23.9 Å². The second kappa shape index (κ2) is 44.7. The van der Waals surface area contributed by atoms with E-state index in [0.29, 0.717) is 0 Å². The number of ether oxygens (including phenoxy) is 15. The maximum atomic E-state index is 14.3. The molecule has 0 aromatic carbocycles. The van der Waals surface area contributed by atoms with Gasteiger partial charge in [-0.15, -0.1) is 0 Å². The Hall–Kier alpha value is -6.37. The van der Waals surface area contributed by atoms with E-state index in [1.165, 1.54) is 0 Å². The Morgan fingerprint density at radius 3 is 0.953 bits per heavy atom. The number of hydrogen-bond donors (Lipinski definition) is 34. The third-order valence-electron chi connectivity index (χ3n) is 22.6. The highest BCUT2D eigenvalue weighted by molar-refractivity contribution is 5.79. The van der Waals surface area contributed by atoms with E-state index in [2.05, 4.69) is 26.6 Å². The summed E-state index contributed by atoms with van der Waals surface area (Å²) in [5, 5.41) is 336. The first-order chi connectivity index (χ1) is 59.9. The van der Waals surface area contributed by atoms with Gasteiger partial charge in [-0.25, -0.2) is 19.2 Å². The molecule has 58 heteroatoms. The Morgan fingerprint density at radius 2 is 0.609 bits per heavy atom. The number of aliphatic hydroxyl groups excluding tert-OH is 25. The van der Waals surface area contributed by atoms with Crippen LogP contribution in [0.1, 0.15) is 60.3 Å². The van der Waals surface area contributed by atoms with Crippen molar-refractivity contribution in [2.45, 2.75) is 328 Å². The molecule has 8 heterocycles. The van der Waals surface area contributed by atoms with E-state index in [9.17, 15) is 191 Å². The van der Waals surface area contributed by atoms with Crippen LogP contribution in [-0.4, -0.2) is 522 Å². The molecular weight excluding hydrogens is 1760 g/mol. The van der Waals surface area contributed by atoms with Gasteiger partial charge in [0.25, 0.3) is 23.1 Å². The summed E-state index contributed by atoms with van der Waals surface area (Å²) in [6.45, 7) is -7.23. The third kappa shape index (κ3) is 23.2. The van der Waals surface area contributed by atoms with Gasteiger partial charge in [0.1, 0.15) is 171 Å². The number of hydrogen-bond acceptors (Lipinski definition) is 49. The molecule has 8 rings (SSSR count). The highest BCUT2D eigenvalue weighted by atomic mass is 16.8. The fourth-order valence-electron chi connectivity index (χ4n) is 16.3. The molecule has 58 nitrogen and oxygen atoms in total. The summed E-state index contributed by atoms with van der Waals surface area (Å²) >= 11 is 0. The van der Waals surface area contributed by atoms with Crippen LogP contribution in [0.25, 0.3) is 0 Å². The molecule has 128 heavy (non-hydrogen) atoms. The Balaban J connectivity index is 1.18. The lowest BCUT2D eigenvalue weighted by Crippen LogP contribution is -2.73. The van der Waals surface area contributed by atoms with Crippen molar-refractivity contribution in [3.63, 3.8) is 0 Å². The first-order valence-electron chi connectivity index (χ1n) is 39.6. The number of nitrogens with one attached hydrogen (secondary N) is 5. The highest BCUT2D eigenvalue weighted by Crippen LogP contribution is 2.46. The molecule has 0 spiro atoms. The zero-order chi connectivity index (χ0) is 95.9. The summed E-state index contributed by atoms with van der Waals surface area (Å²) in [5.74, 6) is -29.1. The van der Waals surface area contributed by atoms with Gasteiger partial charge in [-0.05, 0) is 0 Å².